The Hall–Kier alpha value is -1.52. The maximum absolute atomic E-state index is 12.9. The summed E-state index contributed by atoms with van der Waals surface area (Å²) in [6.07, 6.45) is 5.83. The minimum absolute atomic E-state index is 0.0878. The summed E-state index contributed by atoms with van der Waals surface area (Å²) in [5, 5.41) is 0. The van der Waals surface area contributed by atoms with Crippen molar-refractivity contribution in [2.75, 3.05) is 13.1 Å². The van der Waals surface area contributed by atoms with Crippen molar-refractivity contribution < 1.29 is 9.18 Å². The first-order valence-electron chi connectivity index (χ1n) is 7.98. The van der Waals surface area contributed by atoms with Gasteiger partial charge in [0.1, 0.15) is 12.5 Å². The Morgan fingerprint density at radius 2 is 1.95 bits per heavy atom. The highest BCUT2D eigenvalue weighted by molar-refractivity contribution is 5.80. The summed E-state index contributed by atoms with van der Waals surface area (Å²) >= 11 is 0. The molecule has 1 amide bonds. The lowest BCUT2D eigenvalue weighted by Gasteiger charge is -2.33. The standard InChI is InChI=1S/C16H20FN3O/c17-12-7-11(8-12)16(21)20-5-3-13-14(4-6-20)18-9-19-15(13)10-1-2-10/h9-12H,1-8H2. The molecule has 1 aliphatic heterocycles. The molecule has 0 radical (unpaired) electrons. The lowest BCUT2D eigenvalue weighted by atomic mass is 9.82. The van der Waals surface area contributed by atoms with E-state index in [9.17, 15) is 9.18 Å². The van der Waals surface area contributed by atoms with Crippen molar-refractivity contribution in [1.82, 2.24) is 14.9 Å². The molecule has 4 nitrogen and oxygen atoms in total. The average molecular weight is 289 g/mol. The third-order valence-corrected chi connectivity index (χ3v) is 5.02. The molecule has 0 saturated heterocycles. The van der Waals surface area contributed by atoms with E-state index in [1.807, 2.05) is 4.90 Å². The fourth-order valence-electron chi connectivity index (χ4n) is 3.49. The highest BCUT2D eigenvalue weighted by Crippen LogP contribution is 2.41. The number of halogens is 1. The normalized spacial score (nSPS) is 28.5. The molecule has 2 saturated carbocycles. The number of rotatable bonds is 2. The third-order valence-electron chi connectivity index (χ3n) is 5.02. The van der Waals surface area contributed by atoms with E-state index in [1.54, 1.807) is 6.33 Å². The first kappa shape index (κ1) is 13.2. The molecule has 0 bridgehead atoms. The smallest absolute Gasteiger partial charge is 0.225 e. The van der Waals surface area contributed by atoms with Crippen LogP contribution < -0.4 is 0 Å². The van der Waals surface area contributed by atoms with Crippen molar-refractivity contribution in [3.05, 3.63) is 23.3 Å². The van der Waals surface area contributed by atoms with E-state index in [-0.39, 0.29) is 11.8 Å². The molecule has 112 valence electrons. The van der Waals surface area contributed by atoms with Crippen molar-refractivity contribution in [3.8, 4) is 0 Å². The Morgan fingerprint density at radius 3 is 2.67 bits per heavy atom. The lowest BCUT2D eigenvalue weighted by Crippen LogP contribution is -2.43. The Morgan fingerprint density at radius 1 is 1.19 bits per heavy atom. The molecule has 2 aliphatic carbocycles. The second-order valence-corrected chi connectivity index (χ2v) is 6.55. The predicted molar refractivity (Wildman–Crippen MR) is 75.6 cm³/mol. The van der Waals surface area contributed by atoms with Crippen molar-refractivity contribution in [3.63, 3.8) is 0 Å². The van der Waals surface area contributed by atoms with Gasteiger partial charge in [-0.25, -0.2) is 14.4 Å². The van der Waals surface area contributed by atoms with E-state index in [2.05, 4.69) is 9.97 Å². The van der Waals surface area contributed by atoms with Crippen LogP contribution in [0.15, 0.2) is 6.33 Å². The summed E-state index contributed by atoms with van der Waals surface area (Å²) in [6.45, 7) is 1.44. The SMILES string of the molecule is O=C(C1CC(F)C1)N1CCc2ncnc(C3CC3)c2CC1. The van der Waals surface area contributed by atoms with Gasteiger partial charge in [0, 0.05) is 37.0 Å². The summed E-state index contributed by atoms with van der Waals surface area (Å²) in [5.74, 6) is 0.663. The molecule has 0 unspecified atom stereocenters. The number of carbonyl (C=O) groups excluding carboxylic acids is 1. The fraction of sp³-hybridized carbons (Fsp3) is 0.688. The minimum Gasteiger partial charge on any atom is -0.342 e. The molecule has 0 N–H and O–H groups in total. The Balaban J connectivity index is 1.49. The van der Waals surface area contributed by atoms with Gasteiger partial charge in [-0.3, -0.25) is 4.79 Å². The molecule has 1 aromatic rings. The Kier molecular flexibility index (Phi) is 3.16. The number of alkyl halides is 1. The van der Waals surface area contributed by atoms with E-state index in [4.69, 9.17) is 0 Å². The molecule has 4 rings (SSSR count). The van der Waals surface area contributed by atoms with Gasteiger partial charge in [0.15, 0.2) is 0 Å². The highest BCUT2D eigenvalue weighted by Gasteiger charge is 2.38. The summed E-state index contributed by atoms with van der Waals surface area (Å²) in [4.78, 5) is 23.2. The number of hydrogen-bond acceptors (Lipinski definition) is 3. The van der Waals surface area contributed by atoms with Gasteiger partial charge in [-0.1, -0.05) is 0 Å². The van der Waals surface area contributed by atoms with E-state index in [0.29, 0.717) is 25.3 Å². The molecule has 0 aromatic carbocycles. The first-order chi connectivity index (χ1) is 10.2. The fourth-order valence-corrected chi connectivity index (χ4v) is 3.49. The monoisotopic (exact) mass is 289 g/mol. The maximum Gasteiger partial charge on any atom is 0.225 e. The molecular formula is C16H20FN3O. The van der Waals surface area contributed by atoms with Crippen LogP contribution in [0, 0.1) is 5.92 Å². The number of hydrogen-bond donors (Lipinski definition) is 0. The van der Waals surface area contributed by atoms with Gasteiger partial charge in [0.2, 0.25) is 5.91 Å². The summed E-state index contributed by atoms with van der Waals surface area (Å²) in [5.41, 5.74) is 3.59. The van der Waals surface area contributed by atoms with Crippen LogP contribution in [-0.4, -0.2) is 40.0 Å². The van der Waals surface area contributed by atoms with Gasteiger partial charge in [-0.15, -0.1) is 0 Å². The van der Waals surface area contributed by atoms with Gasteiger partial charge < -0.3 is 4.90 Å². The number of amides is 1. The molecule has 0 atom stereocenters. The number of aromatic nitrogens is 2. The molecule has 2 fully saturated rings. The van der Waals surface area contributed by atoms with Crippen LogP contribution in [-0.2, 0) is 17.6 Å². The van der Waals surface area contributed by atoms with Crippen LogP contribution in [0.25, 0.3) is 0 Å². The zero-order chi connectivity index (χ0) is 14.4. The second kappa shape index (κ2) is 5.04. The number of nitrogens with zero attached hydrogens (tertiary/aromatic N) is 3. The van der Waals surface area contributed by atoms with E-state index in [1.165, 1.54) is 24.1 Å². The van der Waals surface area contributed by atoms with Crippen LogP contribution in [0.4, 0.5) is 4.39 Å². The second-order valence-electron chi connectivity index (χ2n) is 6.55. The average Bonchev–Trinajstić information content (AvgIpc) is 3.28. The van der Waals surface area contributed by atoms with Gasteiger partial charge in [0.05, 0.1) is 5.69 Å². The summed E-state index contributed by atoms with van der Waals surface area (Å²) in [7, 11) is 0. The van der Waals surface area contributed by atoms with Crippen LogP contribution in [0.3, 0.4) is 0 Å². The minimum atomic E-state index is -0.768. The van der Waals surface area contributed by atoms with Crippen LogP contribution in [0.1, 0.15) is 48.6 Å². The molecule has 5 heteroatoms. The largest absolute Gasteiger partial charge is 0.342 e. The molecular weight excluding hydrogens is 269 g/mol. The summed E-state index contributed by atoms with van der Waals surface area (Å²) < 4.78 is 12.9. The van der Waals surface area contributed by atoms with Crippen molar-refractivity contribution in [1.29, 1.82) is 0 Å². The quantitative estimate of drug-likeness (QED) is 0.837. The third kappa shape index (κ3) is 2.43. The first-order valence-corrected chi connectivity index (χ1v) is 7.98. The van der Waals surface area contributed by atoms with Crippen LogP contribution in [0.2, 0.25) is 0 Å². The molecule has 1 aromatic heterocycles. The van der Waals surface area contributed by atoms with E-state index < -0.39 is 6.17 Å². The van der Waals surface area contributed by atoms with Gasteiger partial charge >= 0.3 is 0 Å². The van der Waals surface area contributed by atoms with Crippen molar-refractivity contribution >= 4 is 5.91 Å². The van der Waals surface area contributed by atoms with Crippen molar-refractivity contribution in [2.45, 2.75) is 50.6 Å². The zero-order valence-electron chi connectivity index (χ0n) is 12.1. The Bertz CT molecular complexity index is 567. The zero-order valence-corrected chi connectivity index (χ0v) is 12.1. The maximum atomic E-state index is 12.9. The molecule has 3 aliphatic rings. The lowest BCUT2D eigenvalue weighted by molar-refractivity contribution is -0.140. The predicted octanol–water partition coefficient (Wildman–Crippen LogP) is 2.03. The van der Waals surface area contributed by atoms with Gasteiger partial charge in [0.25, 0.3) is 0 Å². The van der Waals surface area contributed by atoms with Gasteiger partial charge in [-0.2, -0.15) is 0 Å². The molecule has 21 heavy (non-hydrogen) atoms. The van der Waals surface area contributed by atoms with E-state index in [0.717, 1.165) is 25.1 Å². The van der Waals surface area contributed by atoms with Gasteiger partial charge in [-0.05, 0) is 37.7 Å². The van der Waals surface area contributed by atoms with Crippen molar-refractivity contribution in [2.24, 2.45) is 5.92 Å². The summed E-state index contributed by atoms with van der Waals surface area (Å²) in [6, 6.07) is 0. The highest BCUT2D eigenvalue weighted by atomic mass is 19.1. The number of fused-ring (bicyclic) bond motifs is 1. The van der Waals surface area contributed by atoms with Crippen LogP contribution in [0.5, 0.6) is 0 Å². The van der Waals surface area contributed by atoms with E-state index >= 15 is 0 Å². The number of carbonyl (C=O) groups is 1. The molecule has 0 spiro atoms. The molecule has 2 heterocycles. The Labute approximate surface area is 123 Å². The topological polar surface area (TPSA) is 46.1 Å². The van der Waals surface area contributed by atoms with Crippen LogP contribution >= 0.6 is 0 Å².